The van der Waals surface area contributed by atoms with Crippen LogP contribution in [-0.4, -0.2) is 14.9 Å². The third kappa shape index (κ3) is 2.40. The van der Waals surface area contributed by atoms with Crippen molar-refractivity contribution in [2.24, 2.45) is 5.92 Å². The molecule has 0 saturated heterocycles. The van der Waals surface area contributed by atoms with E-state index in [9.17, 15) is 5.11 Å². The van der Waals surface area contributed by atoms with E-state index in [0.29, 0.717) is 5.92 Å². The number of aromatic nitrogens is 2. The molecule has 1 aromatic heterocycles. The Balaban J connectivity index is 2.43. The number of hydrogen-bond acceptors (Lipinski definition) is 2. The molecular formula is C15H20N2O. The summed E-state index contributed by atoms with van der Waals surface area (Å²) in [6.45, 7) is 8.27. The average Bonchev–Trinajstić information content (AvgIpc) is 2.58. The highest BCUT2D eigenvalue weighted by Crippen LogP contribution is 2.26. The van der Waals surface area contributed by atoms with Crippen LogP contribution in [0, 0.1) is 19.8 Å². The van der Waals surface area contributed by atoms with Gasteiger partial charge in [-0.05, 0) is 38.3 Å². The Morgan fingerprint density at radius 3 is 2.33 bits per heavy atom. The molecule has 1 aromatic carbocycles. The molecule has 3 heteroatoms. The van der Waals surface area contributed by atoms with Crippen LogP contribution in [0.2, 0.25) is 0 Å². The summed E-state index contributed by atoms with van der Waals surface area (Å²) in [5.41, 5.74) is 3.95. The van der Waals surface area contributed by atoms with Crippen molar-refractivity contribution in [2.45, 2.75) is 34.1 Å². The Hall–Kier alpha value is -1.77. The van der Waals surface area contributed by atoms with Gasteiger partial charge in [-0.1, -0.05) is 31.5 Å². The van der Waals surface area contributed by atoms with Gasteiger partial charge in [0.1, 0.15) is 0 Å². The molecule has 0 radical (unpaired) electrons. The maximum Gasteiger partial charge on any atom is 0.217 e. The van der Waals surface area contributed by atoms with E-state index >= 15 is 0 Å². The Bertz CT molecular complexity index is 538. The third-order valence-electron chi connectivity index (χ3n) is 3.05. The lowest BCUT2D eigenvalue weighted by Crippen LogP contribution is -1.96. The fraction of sp³-hybridized carbons (Fsp3) is 0.400. The van der Waals surface area contributed by atoms with Gasteiger partial charge < -0.3 is 5.11 Å². The number of aryl methyl sites for hydroxylation is 2. The predicted octanol–water partition coefficient (Wildman–Crippen LogP) is 3.39. The first-order chi connectivity index (χ1) is 8.49. The number of hydrogen-bond donors (Lipinski definition) is 1. The lowest BCUT2D eigenvalue weighted by molar-refractivity contribution is 0.424. The largest absolute Gasteiger partial charge is 0.493 e. The molecule has 1 N–H and O–H groups in total. The van der Waals surface area contributed by atoms with Gasteiger partial charge in [-0.15, -0.1) is 0 Å². The van der Waals surface area contributed by atoms with Crippen molar-refractivity contribution in [1.82, 2.24) is 9.78 Å². The molecule has 0 aliphatic heterocycles. The zero-order chi connectivity index (χ0) is 13.3. The van der Waals surface area contributed by atoms with Crippen LogP contribution >= 0.6 is 0 Å². The molecule has 0 saturated carbocycles. The monoisotopic (exact) mass is 244 g/mol. The van der Waals surface area contributed by atoms with Gasteiger partial charge in [0.2, 0.25) is 5.88 Å². The smallest absolute Gasteiger partial charge is 0.217 e. The van der Waals surface area contributed by atoms with E-state index in [0.717, 1.165) is 23.4 Å². The fourth-order valence-electron chi connectivity index (χ4n) is 2.06. The van der Waals surface area contributed by atoms with E-state index in [1.165, 1.54) is 5.56 Å². The van der Waals surface area contributed by atoms with Gasteiger partial charge in [0.25, 0.3) is 0 Å². The van der Waals surface area contributed by atoms with Crippen LogP contribution in [0.1, 0.15) is 30.7 Å². The van der Waals surface area contributed by atoms with Crippen LogP contribution < -0.4 is 0 Å². The quantitative estimate of drug-likeness (QED) is 0.898. The maximum absolute atomic E-state index is 10.3. The minimum Gasteiger partial charge on any atom is -0.493 e. The highest BCUT2D eigenvalue weighted by Gasteiger charge is 2.16. The van der Waals surface area contributed by atoms with Crippen LogP contribution in [-0.2, 0) is 6.42 Å². The predicted molar refractivity (Wildman–Crippen MR) is 73.2 cm³/mol. The van der Waals surface area contributed by atoms with Crippen molar-refractivity contribution in [3.05, 3.63) is 41.1 Å². The first kappa shape index (κ1) is 12.7. The molecule has 0 unspecified atom stereocenters. The second kappa shape index (κ2) is 4.84. The topological polar surface area (TPSA) is 38.0 Å². The minimum absolute atomic E-state index is 0.269. The molecule has 18 heavy (non-hydrogen) atoms. The molecule has 2 aromatic rings. The van der Waals surface area contributed by atoms with Crippen molar-refractivity contribution < 1.29 is 5.11 Å². The van der Waals surface area contributed by atoms with E-state index in [1.54, 1.807) is 4.68 Å². The summed E-state index contributed by atoms with van der Waals surface area (Å²) in [6.07, 6.45) is 0.851. The molecule has 1 heterocycles. The van der Waals surface area contributed by atoms with E-state index < -0.39 is 0 Å². The molecule has 2 rings (SSSR count). The van der Waals surface area contributed by atoms with Gasteiger partial charge in [-0.3, -0.25) is 0 Å². The summed E-state index contributed by atoms with van der Waals surface area (Å²) < 4.78 is 1.62. The van der Waals surface area contributed by atoms with Crippen molar-refractivity contribution in [3.8, 4) is 11.6 Å². The van der Waals surface area contributed by atoms with E-state index in [1.807, 2.05) is 38.1 Å². The molecule has 0 fully saturated rings. The van der Waals surface area contributed by atoms with Crippen LogP contribution in [0.25, 0.3) is 5.69 Å². The average molecular weight is 244 g/mol. The molecule has 0 aliphatic carbocycles. The molecule has 0 aliphatic rings. The summed E-state index contributed by atoms with van der Waals surface area (Å²) in [5, 5.41) is 14.7. The van der Waals surface area contributed by atoms with Crippen molar-refractivity contribution in [3.63, 3.8) is 0 Å². The number of aromatic hydroxyl groups is 1. The molecule has 3 nitrogen and oxygen atoms in total. The molecule has 0 amide bonds. The van der Waals surface area contributed by atoms with Gasteiger partial charge >= 0.3 is 0 Å². The Labute approximate surface area is 108 Å². The van der Waals surface area contributed by atoms with Crippen molar-refractivity contribution >= 4 is 0 Å². The summed E-state index contributed by atoms with van der Waals surface area (Å²) in [5.74, 6) is 0.773. The van der Waals surface area contributed by atoms with Crippen LogP contribution in [0.5, 0.6) is 5.88 Å². The lowest BCUT2D eigenvalue weighted by Gasteiger charge is -2.06. The summed E-state index contributed by atoms with van der Waals surface area (Å²) in [6, 6.07) is 7.99. The third-order valence-corrected chi connectivity index (χ3v) is 3.05. The van der Waals surface area contributed by atoms with Gasteiger partial charge in [-0.25, -0.2) is 4.68 Å². The van der Waals surface area contributed by atoms with E-state index in [4.69, 9.17) is 0 Å². The van der Waals surface area contributed by atoms with Crippen molar-refractivity contribution in [2.75, 3.05) is 0 Å². The Morgan fingerprint density at radius 2 is 1.78 bits per heavy atom. The fourth-order valence-corrected chi connectivity index (χ4v) is 2.06. The minimum atomic E-state index is 0.269. The van der Waals surface area contributed by atoms with Crippen LogP contribution in [0.15, 0.2) is 24.3 Å². The van der Waals surface area contributed by atoms with Crippen molar-refractivity contribution in [1.29, 1.82) is 0 Å². The normalized spacial score (nSPS) is 11.2. The summed E-state index contributed by atoms with van der Waals surface area (Å²) in [4.78, 5) is 0. The summed E-state index contributed by atoms with van der Waals surface area (Å²) >= 11 is 0. The number of nitrogens with zero attached hydrogens (tertiary/aromatic N) is 2. The van der Waals surface area contributed by atoms with Crippen LogP contribution in [0.3, 0.4) is 0 Å². The van der Waals surface area contributed by atoms with E-state index in [-0.39, 0.29) is 5.88 Å². The molecule has 0 spiro atoms. The number of rotatable bonds is 3. The molecule has 0 bridgehead atoms. The van der Waals surface area contributed by atoms with Crippen LogP contribution in [0.4, 0.5) is 0 Å². The first-order valence-electron chi connectivity index (χ1n) is 6.33. The highest BCUT2D eigenvalue weighted by atomic mass is 16.3. The maximum atomic E-state index is 10.3. The molecule has 0 atom stereocenters. The zero-order valence-corrected chi connectivity index (χ0v) is 11.4. The number of benzene rings is 1. The van der Waals surface area contributed by atoms with Gasteiger partial charge in [0.05, 0.1) is 11.4 Å². The summed E-state index contributed by atoms with van der Waals surface area (Å²) in [7, 11) is 0. The van der Waals surface area contributed by atoms with Gasteiger partial charge in [0.15, 0.2) is 0 Å². The van der Waals surface area contributed by atoms with E-state index in [2.05, 4.69) is 18.9 Å². The Morgan fingerprint density at radius 1 is 1.17 bits per heavy atom. The lowest BCUT2D eigenvalue weighted by atomic mass is 10.0. The second-order valence-corrected chi connectivity index (χ2v) is 5.23. The van der Waals surface area contributed by atoms with Gasteiger partial charge in [0, 0.05) is 5.56 Å². The Kier molecular flexibility index (Phi) is 3.41. The standard InChI is InChI=1S/C15H20N2O/c1-10(2)9-14-12(4)16-17(15(14)18)13-7-5-11(3)6-8-13/h5-8,10,18H,9H2,1-4H3. The molecular weight excluding hydrogens is 224 g/mol. The second-order valence-electron chi connectivity index (χ2n) is 5.23. The first-order valence-corrected chi connectivity index (χ1v) is 6.33. The molecule has 96 valence electrons. The highest BCUT2D eigenvalue weighted by molar-refractivity contribution is 5.41. The SMILES string of the molecule is Cc1ccc(-n2nc(C)c(CC(C)C)c2O)cc1. The van der Waals surface area contributed by atoms with Gasteiger partial charge in [-0.2, -0.15) is 5.10 Å². The zero-order valence-electron chi connectivity index (χ0n) is 11.4.